The minimum atomic E-state index is 0.159. The maximum atomic E-state index is 12.3. The van der Waals surface area contributed by atoms with Crippen molar-refractivity contribution in [1.29, 1.82) is 0 Å². The van der Waals surface area contributed by atoms with Gasteiger partial charge in [-0.2, -0.15) is 0 Å². The first-order valence-corrected chi connectivity index (χ1v) is 7.07. The lowest BCUT2D eigenvalue weighted by Gasteiger charge is -2.31. The summed E-state index contributed by atoms with van der Waals surface area (Å²) >= 11 is 0. The van der Waals surface area contributed by atoms with Gasteiger partial charge in [0.2, 0.25) is 5.91 Å². The number of amides is 1. The van der Waals surface area contributed by atoms with E-state index in [2.05, 4.69) is 34.1 Å². The van der Waals surface area contributed by atoms with Crippen LogP contribution in [0, 0.1) is 0 Å². The number of hydrogen-bond donors (Lipinski definition) is 1. The summed E-state index contributed by atoms with van der Waals surface area (Å²) in [5.41, 5.74) is 0. The molecule has 0 aromatic carbocycles. The van der Waals surface area contributed by atoms with E-state index in [1.807, 2.05) is 0 Å². The molecule has 2 fully saturated rings. The first-order valence-electron chi connectivity index (χ1n) is 7.07. The highest BCUT2D eigenvalue weighted by molar-refractivity contribution is 5.84. The Balaban J connectivity index is 1.77. The molecule has 5 heteroatoms. The van der Waals surface area contributed by atoms with E-state index in [4.69, 9.17) is 0 Å². The summed E-state index contributed by atoms with van der Waals surface area (Å²) in [4.78, 5) is 18.9. The molecule has 18 heavy (non-hydrogen) atoms. The molecule has 2 rings (SSSR count). The first kappa shape index (κ1) is 13.8. The van der Waals surface area contributed by atoms with Gasteiger partial charge in [0.15, 0.2) is 0 Å². The Kier molecular flexibility index (Phi) is 4.97. The van der Waals surface area contributed by atoms with Crippen LogP contribution in [0.5, 0.6) is 0 Å². The lowest BCUT2D eigenvalue weighted by molar-refractivity contribution is -0.132. The Labute approximate surface area is 110 Å². The van der Waals surface area contributed by atoms with Crippen molar-refractivity contribution in [3.8, 4) is 0 Å². The van der Waals surface area contributed by atoms with Crippen molar-refractivity contribution in [1.82, 2.24) is 20.0 Å². The molecule has 1 unspecified atom stereocenters. The molecule has 2 heterocycles. The smallest absolute Gasteiger partial charge is 0.239 e. The molecule has 2 saturated heterocycles. The SMILES string of the molecule is CN(C)CCCN1CCC(N2CCNCC2)C1=O. The Morgan fingerprint density at radius 3 is 2.67 bits per heavy atom. The molecular weight excluding hydrogens is 228 g/mol. The van der Waals surface area contributed by atoms with Crippen LogP contribution in [0.3, 0.4) is 0 Å². The Hall–Kier alpha value is -0.650. The van der Waals surface area contributed by atoms with Crippen molar-refractivity contribution >= 4 is 5.91 Å². The van der Waals surface area contributed by atoms with E-state index in [1.54, 1.807) is 0 Å². The number of carbonyl (C=O) groups is 1. The number of nitrogens with one attached hydrogen (secondary N) is 1. The summed E-state index contributed by atoms with van der Waals surface area (Å²) in [6.07, 6.45) is 2.09. The van der Waals surface area contributed by atoms with Crippen LogP contribution in [0.1, 0.15) is 12.8 Å². The van der Waals surface area contributed by atoms with Crippen molar-refractivity contribution in [3.05, 3.63) is 0 Å². The predicted octanol–water partition coefficient (Wildman–Crippen LogP) is -0.556. The molecule has 5 nitrogen and oxygen atoms in total. The Morgan fingerprint density at radius 1 is 1.28 bits per heavy atom. The molecule has 1 N–H and O–H groups in total. The molecular formula is C13H26N4O. The third-order valence-corrected chi connectivity index (χ3v) is 3.89. The maximum Gasteiger partial charge on any atom is 0.239 e. The second-order valence-electron chi connectivity index (χ2n) is 5.57. The van der Waals surface area contributed by atoms with Crippen LogP contribution in [0.4, 0.5) is 0 Å². The number of nitrogens with zero attached hydrogens (tertiary/aromatic N) is 3. The van der Waals surface area contributed by atoms with E-state index < -0.39 is 0 Å². The highest BCUT2D eigenvalue weighted by Crippen LogP contribution is 2.17. The van der Waals surface area contributed by atoms with Crippen LogP contribution in [0.25, 0.3) is 0 Å². The summed E-state index contributed by atoms with van der Waals surface area (Å²) in [6.45, 7) is 6.99. The zero-order valence-electron chi connectivity index (χ0n) is 11.7. The largest absolute Gasteiger partial charge is 0.341 e. The van der Waals surface area contributed by atoms with Gasteiger partial charge in [0.25, 0.3) is 0 Å². The summed E-state index contributed by atoms with van der Waals surface area (Å²) in [5.74, 6) is 0.357. The van der Waals surface area contributed by atoms with Gasteiger partial charge in [-0.3, -0.25) is 9.69 Å². The summed E-state index contributed by atoms with van der Waals surface area (Å²) in [5, 5.41) is 3.34. The van der Waals surface area contributed by atoms with Crippen molar-refractivity contribution in [2.75, 3.05) is 59.9 Å². The zero-order chi connectivity index (χ0) is 13.0. The third-order valence-electron chi connectivity index (χ3n) is 3.89. The first-order chi connectivity index (χ1) is 8.68. The minimum absolute atomic E-state index is 0.159. The second kappa shape index (κ2) is 6.50. The van der Waals surface area contributed by atoms with Crippen molar-refractivity contribution < 1.29 is 4.79 Å². The van der Waals surface area contributed by atoms with E-state index in [0.29, 0.717) is 5.91 Å². The molecule has 0 aliphatic carbocycles. The predicted molar refractivity (Wildman–Crippen MR) is 72.6 cm³/mol. The fourth-order valence-corrected chi connectivity index (χ4v) is 2.85. The van der Waals surface area contributed by atoms with Gasteiger partial charge in [-0.25, -0.2) is 0 Å². The number of hydrogen-bond acceptors (Lipinski definition) is 4. The van der Waals surface area contributed by atoms with Crippen LogP contribution in [0.15, 0.2) is 0 Å². The minimum Gasteiger partial charge on any atom is -0.341 e. The lowest BCUT2D eigenvalue weighted by Crippen LogP contribution is -2.51. The topological polar surface area (TPSA) is 38.8 Å². The lowest BCUT2D eigenvalue weighted by atomic mass is 10.2. The average molecular weight is 254 g/mol. The number of carbonyl (C=O) groups excluding carboxylic acids is 1. The fourth-order valence-electron chi connectivity index (χ4n) is 2.85. The number of likely N-dealkylation sites (tertiary alicyclic amines) is 1. The molecule has 2 aliphatic heterocycles. The van der Waals surface area contributed by atoms with Crippen LogP contribution < -0.4 is 5.32 Å². The average Bonchev–Trinajstić information content (AvgIpc) is 2.72. The van der Waals surface area contributed by atoms with Crippen LogP contribution in [-0.4, -0.2) is 86.6 Å². The summed E-state index contributed by atoms with van der Waals surface area (Å²) in [6, 6.07) is 0.159. The number of rotatable bonds is 5. The van der Waals surface area contributed by atoms with E-state index in [0.717, 1.165) is 58.7 Å². The molecule has 0 spiro atoms. The van der Waals surface area contributed by atoms with Gasteiger partial charge in [0, 0.05) is 39.3 Å². The monoisotopic (exact) mass is 254 g/mol. The van der Waals surface area contributed by atoms with E-state index in [9.17, 15) is 4.79 Å². The van der Waals surface area contributed by atoms with Gasteiger partial charge in [-0.15, -0.1) is 0 Å². The highest BCUT2D eigenvalue weighted by atomic mass is 16.2. The molecule has 0 saturated carbocycles. The zero-order valence-corrected chi connectivity index (χ0v) is 11.7. The van der Waals surface area contributed by atoms with E-state index >= 15 is 0 Å². The molecule has 0 bridgehead atoms. The molecule has 0 radical (unpaired) electrons. The molecule has 0 aromatic rings. The van der Waals surface area contributed by atoms with Gasteiger partial charge >= 0.3 is 0 Å². The van der Waals surface area contributed by atoms with E-state index in [-0.39, 0.29) is 6.04 Å². The van der Waals surface area contributed by atoms with Gasteiger partial charge in [-0.05, 0) is 33.5 Å². The normalized spacial score (nSPS) is 26.3. The van der Waals surface area contributed by atoms with Gasteiger partial charge < -0.3 is 15.1 Å². The summed E-state index contributed by atoms with van der Waals surface area (Å²) < 4.78 is 0. The molecule has 104 valence electrons. The number of piperazine rings is 1. The highest BCUT2D eigenvalue weighted by Gasteiger charge is 2.35. The molecule has 2 aliphatic rings. The molecule has 1 atom stereocenters. The maximum absolute atomic E-state index is 12.3. The van der Waals surface area contributed by atoms with Crippen LogP contribution >= 0.6 is 0 Å². The van der Waals surface area contributed by atoms with Gasteiger partial charge in [0.1, 0.15) is 0 Å². The van der Waals surface area contributed by atoms with Crippen molar-refractivity contribution in [2.45, 2.75) is 18.9 Å². The van der Waals surface area contributed by atoms with Gasteiger partial charge in [0.05, 0.1) is 6.04 Å². The van der Waals surface area contributed by atoms with E-state index in [1.165, 1.54) is 0 Å². The van der Waals surface area contributed by atoms with Crippen LogP contribution in [0.2, 0.25) is 0 Å². The Bertz CT molecular complexity index is 276. The van der Waals surface area contributed by atoms with Gasteiger partial charge in [-0.1, -0.05) is 0 Å². The van der Waals surface area contributed by atoms with Crippen molar-refractivity contribution in [2.24, 2.45) is 0 Å². The Morgan fingerprint density at radius 2 is 2.00 bits per heavy atom. The van der Waals surface area contributed by atoms with Crippen molar-refractivity contribution in [3.63, 3.8) is 0 Å². The third kappa shape index (κ3) is 3.43. The molecule has 1 amide bonds. The quantitative estimate of drug-likeness (QED) is 0.714. The fraction of sp³-hybridized carbons (Fsp3) is 0.923. The summed E-state index contributed by atoms with van der Waals surface area (Å²) in [7, 11) is 4.16. The van der Waals surface area contributed by atoms with Crippen LogP contribution in [-0.2, 0) is 4.79 Å². The standard InChI is InChI=1S/C13H26N4O/c1-15(2)7-3-8-17-9-4-12(13(17)18)16-10-5-14-6-11-16/h12,14H,3-11H2,1-2H3. The molecule has 0 aromatic heterocycles. The second-order valence-corrected chi connectivity index (χ2v) is 5.57.